The van der Waals surface area contributed by atoms with E-state index in [0.29, 0.717) is 5.88 Å². The Morgan fingerprint density at radius 3 is 2.83 bits per heavy atom. The highest BCUT2D eigenvalue weighted by Gasteiger charge is 2.14. The van der Waals surface area contributed by atoms with E-state index in [1.807, 2.05) is 0 Å². The van der Waals surface area contributed by atoms with Crippen LogP contribution in [-0.4, -0.2) is 29.5 Å². The van der Waals surface area contributed by atoms with Gasteiger partial charge in [-0.1, -0.05) is 6.92 Å². The molecule has 1 aliphatic rings. The molecule has 18 heavy (non-hydrogen) atoms. The number of aromatic nitrogens is 1. The average molecular weight is 287 g/mol. The number of nitrogens with zero attached hydrogens (tertiary/aromatic N) is 2. The van der Waals surface area contributed by atoms with Crippen LogP contribution >= 0.6 is 22.9 Å². The molecule has 0 atom stereocenters. The van der Waals surface area contributed by atoms with Gasteiger partial charge < -0.3 is 4.90 Å². The fraction of sp³-hybridized carbons (Fsp3) is 0.786. The molecule has 0 spiro atoms. The van der Waals surface area contributed by atoms with Crippen LogP contribution in [-0.2, 0) is 12.3 Å². The molecule has 1 aromatic rings. The maximum Gasteiger partial charge on any atom is 0.0928 e. The Balaban J connectivity index is 1.58. The summed E-state index contributed by atoms with van der Waals surface area (Å²) in [5.41, 5.74) is 1.03. The van der Waals surface area contributed by atoms with Gasteiger partial charge in [0.05, 0.1) is 16.6 Å². The quantitative estimate of drug-likeness (QED) is 0.582. The Morgan fingerprint density at radius 2 is 2.17 bits per heavy atom. The first-order valence-electron chi connectivity index (χ1n) is 6.99. The predicted molar refractivity (Wildman–Crippen MR) is 79.4 cm³/mol. The highest BCUT2D eigenvalue weighted by molar-refractivity contribution is 7.09. The van der Waals surface area contributed by atoms with Crippen LogP contribution in [0.1, 0.15) is 43.3 Å². The van der Waals surface area contributed by atoms with E-state index >= 15 is 0 Å². The average Bonchev–Trinajstić information content (AvgIpc) is 2.85. The van der Waals surface area contributed by atoms with Crippen LogP contribution in [0.2, 0.25) is 0 Å². The molecule has 102 valence electrons. The first kappa shape index (κ1) is 14.3. The van der Waals surface area contributed by atoms with E-state index in [1.165, 1.54) is 50.3 Å². The van der Waals surface area contributed by atoms with Crippen LogP contribution in [0.25, 0.3) is 0 Å². The zero-order chi connectivity index (χ0) is 12.8. The second-order valence-corrected chi connectivity index (χ2v) is 6.56. The minimum atomic E-state index is 0.544. The number of thiazole rings is 1. The predicted octanol–water partition coefficient (Wildman–Crippen LogP) is 3.94. The first-order valence-corrected chi connectivity index (χ1v) is 8.41. The summed E-state index contributed by atoms with van der Waals surface area (Å²) in [7, 11) is 0. The van der Waals surface area contributed by atoms with Crippen molar-refractivity contribution in [3.05, 3.63) is 16.1 Å². The molecule has 1 fully saturated rings. The van der Waals surface area contributed by atoms with Crippen LogP contribution in [0.4, 0.5) is 0 Å². The van der Waals surface area contributed by atoms with E-state index in [1.54, 1.807) is 11.3 Å². The van der Waals surface area contributed by atoms with E-state index in [2.05, 4.69) is 22.2 Å². The van der Waals surface area contributed by atoms with Crippen molar-refractivity contribution in [1.29, 1.82) is 0 Å². The molecule has 0 bridgehead atoms. The van der Waals surface area contributed by atoms with E-state index < -0.39 is 0 Å². The highest BCUT2D eigenvalue weighted by atomic mass is 35.5. The van der Waals surface area contributed by atoms with Crippen LogP contribution in [0.3, 0.4) is 0 Å². The summed E-state index contributed by atoms with van der Waals surface area (Å²) in [5, 5.41) is 3.33. The van der Waals surface area contributed by atoms with Gasteiger partial charge in [-0.05, 0) is 57.7 Å². The first-order chi connectivity index (χ1) is 8.78. The number of unbranched alkanes of at least 4 members (excludes halogenated alkanes) is 1. The van der Waals surface area contributed by atoms with Crippen LogP contribution < -0.4 is 0 Å². The maximum atomic E-state index is 5.75. The van der Waals surface area contributed by atoms with Crippen molar-refractivity contribution in [3.8, 4) is 0 Å². The summed E-state index contributed by atoms with van der Waals surface area (Å²) >= 11 is 7.50. The second kappa shape index (κ2) is 7.46. The van der Waals surface area contributed by atoms with E-state index in [9.17, 15) is 0 Å². The minimum absolute atomic E-state index is 0.544. The van der Waals surface area contributed by atoms with Crippen molar-refractivity contribution in [2.45, 2.75) is 44.9 Å². The number of halogens is 1. The molecule has 0 radical (unpaired) electrons. The molecular formula is C14H23ClN2S. The van der Waals surface area contributed by atoms with E-state index in [-0.39, 0.29) is 0 Å². The standard InChI is InChI=1S/C14H23ClN2S/c1-12-5-8-17(9-6-12)7-3-2-4-14-16-13(10-15)11-18-14/h11-12H,2-10H2,1H3. The Hall–Kier alpha value is -0.120. The summed E-state index contributed by atoms with van der Waals surface area (Å²) in [4.78, 5) is 7.11. The zero-order valence-electron chi connectivity index (χ0n) is 11.2. The molecule has 4 heteroatoms. The summed E-state index contributed by atoms with van der Waals surface area (Å²) < 4.78 is 0. The molecule has 1 aromatic heterocycles. The fourth-order valence-electron chi connectivity index (χ4n) is 2.42. The molecule has 0 unspecified atom stereocenters. The van der Waals surface area contributed by atoms with Crippen LogP contribution in [0.15, 0.2) is 5.38 Å². The van der Waals surface area contributed by atoms with Gasteiger partial charge in [-0.15, -0.1) is 22.9 Å². The lowest BCUT2D eigenvalue weighted by molar-refractivity contribution is 0.189. The molecular weight excluding hydrogens is 264 g/mol. The Morgan fingerprint density at radius 1 is 1.39 bits per heavy atom. The van der Waals surface area contributed by atoms with Gasteiger partial charge in [0, 0.05) is 5.38 Å². The van der Waals surface area contributed by atoms with Crippen molar-refractivity contribution in [2.75, 3.05) is 19.6 Å². The molecule has 0 amide bonds. The number of likely N-dealkylation sites (tertiary alicyclic amines) is 1. The lowest BCUT2D eigenvalue weighted by Crippen LogP contribution is -2.33. The van der Waals surface area contributed by atoms with Gasteiger partial charge in [-0.3, -0.25) is 0 Å². The van der Waals surface area contributed by atoms with Crippen molar-refractivity contribution in [1.82, 2.24) is 9.88 Å². The summed E-state index contributed by atoms with van der Waals surface area (Å²) in [6, 6.07) is 0. The molecule has 0 N–H and O–H groups in total. The van der Waals surface area contributed by atoms with Crippen molar-refractivity contribution >= 4 is 22.9 Å². The van der Waals surface area contributed by atoms with Crippen molar-refractivity contribution in [2.24, 2.45) is 5.92 Å². The Bertz CT molecular complexity index is 345. The smallest absolute Gasteiger partial charge is 0.0928 e. The number of alkyl halides is 1. The van der Waals surface area contributed by atoms with E-state index in [0.717, 1.165) is 18.0 Å². The topological polar surface area (TPSA) is 16.1 Å². The van der Waals surface area contributed by atoms with Gasteiger partial charge in [0.2, 0.25) is 0 Å². The van der Waals surface area contributed by atoms with Gasteiger partial charge >= 0.3 is 0 Å². The van der Waals surface area contributed by atoms with Gasteiger partial charge in [0.15, 0.2) is 0 Å². The third kappa shape index (κ3) is 4.52. The largest absolute Gasteiger partial charge is 0.303 e. The number of aryl methyl sites for hydroxylation is 1. The zero-order valence-corrected chi connectivity index (χ0v) is 12.8. The molecule has 2 heterocycles. The van der Waals surface area contributed by atoms with Gasteiger partial charge in [-0.2, -0.15) is 0 Å². The van der Waals surface area contributed by atoms with Gasteiger partial charge in [0.25, 0.3) is 0 Å². The molecule has 2 nitrogen and oxygen atoms in total. The summed E-state index contributed by atoms with van der Waals surface area (Å²) in [6.45, 7) is 6.23. The summed E-state index contributed by atoms with van der Waals surface area (Å²) in [5.74, 6) is 1.48. The normalized spacial score (nSPS) is 18.3. The van der Waals surface area contributed by atoms with Crippen molar-refractivity contribution in [3.63, 3.8) is 0 Å². The number of hydrogen-bond acceptors (Lipinski definition) is 3. The number of hydrogen-bond donors (Lipinski definition) is 0. The Labute approximate surface area is 119 Å². The molecule has 2 rings (SSSR count). The van der Waals surface area contributed by atoms with Gasteiger partial charge in [-0.25, -0.2) is 4.98 Å². The van der Waals surface area contributed by atoms with Gasteiger partial charge in [0.1, 0.15) is 0 Å². The van der Waals surface area contributed by atoms with Crippen molar-refractivity contribution < 1.29 is 0 Å². The molecule has 0 aliphatic carbocycles. The minimum Gasteiger partial charge on any atom is -0.303 e. The monoisotopic (exact) mass is 286 g/mol. The molecule has 0 aromatic carbocycles. The third-order valence-corrected chi connectivity index (χ3v) is 4.96. The van der Waals surface area contributed by atoms with Crippen LogP contribution in [0, 0.1) is 5.92 Å². The fourth-order valence-corrected chi connectivity index (χ4v) is 3.49. The second-order valence-electron chi connectivity index (χ2n) is 5.35. The molecule has 0 saturated carbocycles. The number of rotatable bonds is 6. The molecule has 1 aliphatic heterocycles. The lowest BCUT2D eigenvalue weighted by Gasteiger charge is -2.30. The SMILES string of the molecule is CC1CCN(CCCCc2nc(CCl)cs2)CC1. The Kier molecular flexibility index (Phi) is 5.93. The third-order valence-electron chi connectivity index (χ3n) is 3.73. The lowest BCUT2D eigenvalue weighted by atomic mass is 9.99. The highest BCUT2D eigenvalue weighted by Crippen LogP contribution is 2.17. The number of piperidine rings is 1. The van der Waals surface area contributed by atoms with Crippen LogP contribution in [0.5, 0.6) is 0 Å². The van der Waals surface area contributed by atoms with E-state index in [4.69, 9.17) is 11.6 Å². The maximum absolute atomic E-state index is 5.75. The summed E-state index contributed by atoms with van der Waals surface area (Å²) in [6.07, 6.45) is 6.42. The molecule has 1 saturated heterocycles.